The lowest BCUT2D eigenvalue weighted by molar-refractivity contribution is -0.0452. The Morgan fingerprint density at radius 1 is 1.50 bits per heavy atom. The molecule has 0 spiro atoms. The van der Waals surface area contributed by atoms with Crippen LogP contribution in [0.3, 0.4) is 0 Å². The van der Waals surface area contributed by atoms with Crippen molar-refractivity contribution in [3.8, 4) is 0 Å². The van der Waals surface area contributed by atoms with Crippen LogP contribution < -0.4 is 0 Å². The molecule has 2 unspecified atom stereocenters. The molecule has 0 aromatic rings. The predicted octanol–water partition coefficient (Wildman–Crippen LogP) is 1.71. The summed E-state index contributed by atoms with van der Waals surface area (Å²) in [6.07, 6.45) is 1.60. The van der Waals surface area contributed by atoms with Crippen molar-refractivity contribution >= 4 is 0 Å². The van der Waals surface area contributed by atoms with E-state index < -0.39 is 0 Å². The lowest BCUT2D eigenvalue weighted by Crippen LogP contribution is -2.30. The van der Waals surface area contributed by atoms with Gasteiger partial charge in [-0.1, -0.05) is 6.58 Å². The Hall–Kier alpha value is -0.340. The van der Waals surface area contributed by atoms with Crippen molar-refractivity contribution in [2.45, 2.75) is 38.8 Å². The maximum Gasteiger partial charge on any atom is 0.177 e. The Bertz CT molecular complexity index is 140. The highest BCUT2D eigenvalue weighted by Crippen LogP contribution is 2.28. The number of rotatable bonds is 1. The molecular weight excluding hydrogens is 128 g/mol. The summed E-state index contributed by atoms with van der Waals surface area (Å²) in [4.78, 5) is 0. The Morgan fingerprint density at radius 3 is 2.30 bits per heavy atom. The zero-order valence-corrected chi connectivity index (χ0v) is 6.76. The Kier molecular flexibility index (Phi) is 1.84. The third-order valence-corrected chi connectivity index (χ3v) is 1.93. The fourth-order valence-electron chi connectivity index (χ4n) is 0.892. The third kappa shape index (κ3) is 1.22. The van der Waals surface area contributed by atoms with E-state index in [2.05, 4.69) is 6.58 Å². The third-order valence-electron chi connectivity index (χ3n) is 1.93. The Balaban J connectivity index is 2.61. The molecular formula is C8H14O2. The highest BCUT2D eigenvalue weighted by molar-refractivity contribution is 4.88. The smallest absolute Gasteiger partial charge is 0.177 e. The van der Waals surface area contributed by atoms with Crippen molar-refractivity contribution in [3.63, 3.8) is 0 Å². The van der Waals surface area contributed by atoms with Crippen LogP contribution in [0.25, 0.3) is 0 Å². The summed E-state index contributed by atoms with van der Waals surface area (Å²) in [5.41, 5.74) is -0.168. The van der Waals surface area contributed by atoms with Gasteiger partial charge < -0.3 is 9.47 Å². The van der Waals surface area contributed by atoms with E-state index >= 15 is 0 Å². The van der Waals surface area contributed by atoms with Gasteiger partial charge in [-0.3, -0.25) is 0 Å². The molecule has 1 aliphatic heterocycles. The molecule has 1 aliphatic rings. The lowest BCUT2D eigenvalue weighted by Gasteiger charge is -2.19. The summed E-state index contributed by atoms with van der Waals surface area (Å²) in [7, 11) is 0. The zero-order valence-electron chi connectivity index (χ0n) is 6.76. The van der Waals surface area contributed by atoms with Gasteiger partial charge in [0, 0.05) is 0 Å². The summed E-state index contributed by atoms with van der Waals surface area (Å²) < 4.78 is 10.9. The maximum atomic E-state index is 5.47. The van der Waals surface area contributed by atoms with E-state index in [0.717, 1.165) is 0 Å². The molecule has 1 heterocycles. The van der Waals surface area contributed by atoms with Crippen LogP contribution in [0.15, 0.2) is 12.7 Å². The van der Waals surface area contributed by atoms with Gasteiger partial charge in [-0.2, -0.15) is 0 Å². The van der Waals surface area contributed by atoms with Gasteiger partial charge in [0.15, 0.2) is 6.29 Å². The second-order valence-electron chi connectivity index (χ2n) is 3.10. The molecule has 2 atom stereocenters. The van der Waals surface area contributed by atoms with E-state index in [1.807, 2.05) is 20.8 Å². The highest BCUT2D eigenvalue weighted by atomic mass is 16.7. The molecule has 2 nitrogen and oxygen atoms in total. The first-order chi connectivity index (χ1) is 4.56. The summed E-state index contributed by atoms with van der Waals surface area (Å²) in [6, 6.07) is 0. The molecule has 0 aliphatic carbocycles. The fourth-order valence-corrected chi connectivity index (χ4v) is 0.892. The van der Waals surface area contributed by atoms with Crippen LogP contribution in [0.2, 0.25) is 0 Å². The second kappa shape index (κ2) is 2.36. The number of hydrogen-bond donors (Lipinski definition) is 0. The summed E-state index contributed by atoms with van der Waals surface area (Å²) in [5.74, 6) is 0. The van der Waals surface area contributed by atoms with E-state index in [1.165, 1.54) is 0 Å². The first-order valence-corrected chi connectivity index (χ1v) is 3.52. The van der Waals surface area contributed by atoms with Gasteiger partial charge in [-0.05, 0) is 26.8 Å². The second-order valence-corrected chi connectivity index (χ2v) is 3.10. The molecule has 0 radical (unpaired) electrons. The maximum absolute atomic E-state index is 5.47. The van der Waals surface area contributed by atoms with E-state index in [0.29, 0.717) is 0 Å². The fraction of sp³-hybridized carbons (Fsp3) is 0.750. The van der Waals surface area contributed by atoms with Gasteiger partial charge in [0.05, 0.1) is 11.7 Å². The Morgan fingerprint density at radius 2 is 2.10 bits per heavy atom. The summed E-state index contributed by atoms with van der Waals surface area (Å²) in [6.45, 7) is 9.63. The lowest BCUT2D eigenvalue weighted by atomic mass is 10.0. The summed E-state index contributed by atoms with van der Waals surface area (Å²) in [5, 5.41) is 0. The van der Waals surface area contributed by atoms with Crippen molar-refractivity contribution in [2.24, 2.45) is 0 Å². The molecule has 58 valence electrons. The minimum atomic E-state index is -0.218. The molecule has 0 aromatic carbocycles. The average Bonchev–Trinajstić information content (AvgIpc) is 2.08. The van der Waals surface area contributed by atoms with E-state index in [4.69, 9.17) is 9.47 Å². The molecule has 1 fully saturated rings. The number of hydrogen-bond acceptors (Lipinski definition) is 2. The van der Waals surface area contributed by atoms with Gasteiger partial charge in [-0.15, -0.1) is 0 Å². The largest absolute Gasteiger partial charge is 0.343 e. The predicted molar refractivity (Wildman–Crippen MR) is 39.7 cm³/mol. The Labute approximate surface area is 61.8 Å². The normalized spacial score (nSPS) is 37.9. The van der Waals surface area contributed by atoms with Crippen molar-refractivity contribution in [1.29, 1.82) is 0 Å². The van der Waals surface area contributed by atoms with Crippen LogP contribution in [-0.4, -0.2) is 18.0 Å². The van der Waals surface area contributed by atoms with Crippen molar-refractivity contribution in [2.75, 3.05) is 0 Å². The van der Waals surface area contributed by atoms with E-state index in [1.54, 1.807) is 6.08 Å². The zero-order chi connectivity index (χ0) is 7.78. The minimum Gasteiger partial charge on any atom is -0.343 e. The molecule has 1 rings (SSSR count). The molecule has 10 heavy (non-hydrogen) atoms. The highest BCUT2D eigenvalue weighted by Gasteiger charge is 2.38. The van der Waals surface area contributed by atoms with Crippen LogP contribution in [0, 0.1) is 0 Å². The van der Waals surface area contributed by atoms with E-state index in [9.17, 15) is 0 Å². The molecule has 0 amide bonds. The van der Waals surface area contributed by atoms with Crippen molar-refractivity contribution in [3.05, 3.63) is 12.7 Å². The SMILES string of the molecule is C=CC1OC(C)C(C)(C)O1. The van der Waals surface area contributed by atoms with Crippen LogP contribution in [0.5, 0.6) is 0 Å². The summed E-state index contributed by atoms with van der Waals surface area (Å²) >= 11 is 0. The van der Waals surface area contributed by atoms with Gasteiger partial charge in [-0.25, -0.2) is 0 Å². The van der Waals surface area contributed by atoms with Crippen LogP contribution in [-0.2, 0) is 9.47 Å². The first kappa shape index (κ1) is 7.76. The van der Waals surface area contributed by atoms with Crippen molar-refractivity contribution in [1.82, 2.24) is 0 Å². The van der Waals surface area contributed by atoms with E-state index in [-0.39, 0.29) is 18.0 Å². The standard InChI is InChI=1S/C8H14O2/c1-5-7-9-6(2)8(3,4)10-7/h5-7H,1H2,2-4H3. The van der Waals surface area contributed by atoms with Gasteiger partial charge >= 0.3 is 0 Å². The molecule has 1 saturated heterocycles. The minimum absolute atomic E-state index is 0.149. The molecule has 0 bridgehead atoms. The first-order valence-electron chi connectivity index (χ1n) is 3.52. The topological polar surface area (TPSA) is 18.5 Å². The molecule has 0 saturated carbocycles. The van der Waals surface area contributed by atoms with Crippen LogP contribution in [0.1, 0.15) is 20.8 Å². The molecule has 2 heteroatoms. The molecule has 0 aromatic heterocycles. The monoisotopic (exact) mass is 142 g/mol. The molecule has 0 N–H and O–H groups in total. The van der Waals surface area contributed by atoms with Gasteiger partial charge in [0.25, 0.3) is 0 Å². The average molecular weight is 142 g/mol. The van der Waals surface area contributed by atoms with Gasteiger partial charge in [0.2, 0.25) is 0 Å². The number of ether oxygens (including phenoxy) is 2. The van der Waals surface area contributed by atoms with Crippen molar-refractivity contribution < 1.29 is 9.47 Å². The van der Waals surface area contributed by atoms with Crippen LogP contribution in [0.4, 0.5) is 0 Å². The quantitative estimate of drug-likeness (QED) is 0.519. The van der Waals surface area contributed by atoms with Gasteiger partial charge in [0.1, 0.15) is 0 Å². The van der Waals surface area contributed by atoms with Crippen LogP contribution >= 0.6 is 0 Å².